The molecule has 2 rings (SSSR count). The van der Waals surface area contributed by atoms with Crippen LogP contribution < -0.4 is 11.2 Å². The maximum atomic E-state index is 13.1. The second-order valence-corrected chi connectivity index (χ2v) is 3.87. The zero-order valence-corrected chi connectivity index (χ0v) is 8.99. The maximum Gasteiger partial charge on any atom is 0.330 e. The molecule has 1 aromatic heterocycles. The van der Waals surface area contributed by atoms with Crippen molar-refractivity contribution < 1.29 is 24.4 Å². The highest BCUT2D eigenvalue weighted by molar-refractivity contribution is 4.94. The summed E-state index contributed by atoms with van der Waals surface area (Å²) >= 11 is 0. The van der Waals surface area contributed by atoms with Crippen molar-refractivity contribution >= 4 is 0 Å². The normalized spacial score (nSPS) is 31.8. The number of hydrogen-bond donors (Lipinski definition) is 4. The molecule has 0 amide bonds. The first kappa shape index (κ1) is 12.9. The molecule has 100 valence electrons. The molecule has 0 radical (unpaired) electrons. The Labute approximate surface area is 98.9 Å². The molecule has 4 atom stereocenters. The van der Waals surface area contributed by atoms with Crippen molar-refractivity contribution in [1.29, 1.82) is 0 Å². The van der Waals surface area contributed by atoms with E-state index in [2.05, 4.69) is 0 Å². The lowest BCUT2D eigenvalue weighted by Gasteiger charge is -2.16. The number of ether oxygens (including phenoxy) is 1. The molecule has 0 aromatic carbocycles. The molecular weight excluding hydrogens is 251 g/mol. The number of halogens is 1. The summed E-state index contributed by atoms with van der Waals surface area (Å²) in [6.45, 7) is -0.574. The molecule has 1 aliphatic heterocycles. The average Bonchev–Trinajstić information content (AvgIpc) is 2.61. The molecule has 0 bridgehead atoms. The fraction of sp³-hybridized carbons (Fsp3) is 0.556. The third-order valence-electron chi connectivity index (χ3n) is 2.72. The van der Waals surface area contributed by atoms with E-state index < -0.39 is 48.2 Å². The number of nitrogens with one attached hydrogen (secondary N) is 1. The molecule has 1 saturated heterocycles. The third kappa shape index (κ3) is 1.97. The van der Waals surface area contributed by atoms with Gasteiger partial charge in [-0.1, -0.05) is 0 Å². The summed E-state index contributed by atoms with van der Waals surface area (Å²) < 4.78 is 18.7. The van der Waals surface area contributed by atoms with Gasteiger partial charge >= 0.3 is 5.69 Å². The Hall–Kier alpha value is -1.55. The zero-order valence-electron chi connectivity index (χ0n) is 8.99. The smallest absolute Gasteiger partial charge is 0.330 e. The van der Waals surface area contributed by atoms with Crippen molar-refractivity contribution in [2.45, 2.75) is 24.5 Å². The number of aliphatic hydroxyl groups excluding tert-OH is 3. The van der Waals surface area contributed by atoms with Crippen molar-refractivity contribution in [3.8, 4) is 0 Å². The van der Waals surface area contributed by atoms with Crippen LogP contribution >= 0.6 is 0 Å². The van der Waals surface area contributed by atoms with Crippen LogP contribution in [0.15, 0.2) is 15.8 Å². The molecule has 4 N–H and O–H groups in total. The molecule has 1 fully saturated rings. The highest BCUT2D eigenvalue weighted by atomic mass is 19.1. The number of hydrogen-bond acceptors (Lipinski definition) is 6. The minimum absolute atomic E-state index is 0.571. The molecule has 1 aliphatic rings. The van der Waals surface area contributed by atoms with Gasteiger partial charge in [-0.05, 0) is 0 Å². The summed E-state index contributed by atoms with van der Waals surface area (Å²) in [5.74, 6) is -1.23. The van der Waals surface area contributed by atoms with Crippen molar-refractivity contribution in [2.24, 2.45) is 0 Å². The number of H-pyrrole nitrogens is 1. The second kappa shape index (κ2) is 4.61. The first-order valence-electron chi connectivity index (χ1n) is 5.09. The minimum atomic E-state index is -1.52. The number of rotatable bonds is 2. The van der Waals surface area contributed by atoms with Crippen LogP contribution in [0.2, 0.25) is 0 Å². The van der Waals surface area contributed by atoms with E-state index in [1.165, 1.54) is 0 Å². The van der Waals surface area contributed by atoms with E-state index in [1.54, 1.807) is 4.98 Å². The summed E-state index contributed by atoms with van der Waals surface area (Å²) in [4.78, 5) is 24.0. The maximum absolute atomic E-state index is 13.1. The van der Waals surface area contributed by atoms with E-state index in [1.807, 2.05) is 0 Å². The fourth-order valence-corrected chi connectivity index (χ4v) is 1.76. The van der Waals surface area contributed by atoms with Crippen molar-refractivity contribution in [1.82, 2.24) is 9.55 Å². The van der Waals surface area contributed by atoms with Gasteiger partial charge in [0.2, 0.25) is 5.82 Å². The molecule has 0 aliphatic carbocycles. The number of aromatic amines is 1. The Morgan fingerprint density at radius 1 is 1.39 bits per heavy atom. The van der Waals surface area contributed by atoms with Gasteiger partial charge in [-0.15, -0.1) is 0 Å². The molecule has 0 saturated carbocycles. The fourth-order valence-electron chi connectivity index (χ4n) is 1.76. The van der Waals surface area contributed by atoms with Crippen molar-refractivity contribution in [3.63, 3.8) is 0 Å². The summed E-state index contributed by atoms with van der Waals surface area (Å²) in [5, 5.41) is 28.0. The van der Waals surface area contributed by atoms with Gasteiger partial charge in [0.25, 0.3) is 5.56 Å². The van der Waals surface area contributed by atoms with Gasteiger partial charge in [-0.25, -0.2) is 4.79 Å². The lowest BCUT2D eigenvalue weighted by molar-refractivity contribution is -0.0554. The predicted molar refractivity (Wildman–Crippen MR) is 54.3 cm³/mol. The van der Waals surface area contributed by atoms with Crippen LogP contribution in [0.1, 0.15) is 6.23 Å². The lowest BCUT2D eigenvalue weighted by atomic mass is 10.1. The summed E-state index contributed by atoms with van der Waals surface area (Å²) in [6.07, 6.45) is -4.84. The van der Waals surface area contributed by atoms with E-state index in [4.69, 9.17) is 9.84 Å². The molecule has 1 aromatic rings. The van der Waals surface area contributed by atoms with Crippen molar-refractivity contribution in [2.75, 3.05) is 6.61 Å². The van der Waals surface area contributed by atoms with Gasteiger partial charge in [-0.3, -0.25) is 14.3 Å². The molecule has 18 heavy (non-hydrogen) atoms. The molecule has 2 heterocycles. The van der Waals surface area contributed by atoms with Crippen LogP contribution in [0.4, 0.5) is 4.39 Å². The number of aliphatic hydroxyl groups is 3. The summed E-state index contributed by atoms with van der Waals surface area (Å²) in [7, 11) is 0. The third-order valence-corrected chi connectivity index (χ3v) is 2.72. The Morgan fingerprint density at radius 3 is 2.61 bits per heavy atom. The second-order valence-electron chi connectivity index (χ2n) is 3.87. The van der Waals surface area contributed by atoms with Crippen molar-refractivity contribution in [3.05, 3.63) is 32.9 Å². The summed E-state index contributed by atoms with van der Waals surface area (Å²) in [6, 6.07) is 0. The highest BCUT2D eigenvalue weighted by Crippen LogP contribution is 2.27. The van der Waals surface area contributed by atoms with E-state index in [9.17, 15) is 24.2 Å². The zero-order chi connectivity index (χ0) is 13.4. The largest absolute Gasteiger partial charge is 0.394 e. The molecule has 1 unspecified atom stereocenters. The SMILES string of the molecule is O=c1[nH]c(=O)n([C@@H]2O[C@H](CO)[C@@H](O)C2O)cc1F. The Kier molecular flexibility index (Phi) is 3.30. The van der Waals surface area contributed by atoms with Crippen LogP contribution in [-0.2, 0) is 4.74 Å². The van der Waals surface area contributed by atoms with Gasteiger partial charge < -0.3 is 20.1 Å². The predicted octanol–water partition coefficient (Wildman–Crippen LogP) is -2.71. The first-order chi connectivity index (χ1) is 8.45. The Bertz CT molecular complexity index is 555. The van der Waals surface area contributed by atoms with Gasteiger partial charge in [0, 0.05) is 0 Å². The van der Waals surface area contributed by atoms with E-state index >= 15 is 0 Å². The average molecular weight is 262 g/mol. The number of aromatic nitrogens is 2. The molecule has 9 heteroatoms. The highest BCUT2D eigenvalue weighted by Gasteiger charge is 2.43. The van der Waals surface area contributed by atoms with E-state index in [-0.39, 0.29) is 0 Å². The van der Waals surface area contributed by atoms with Crippen LogP contribution in [0.25, 0.3) is 0 Å². The van der Waals surface area contributed by atoms with Gasteiger partial charge in [0.15, 0.2) is 6.23 Å². The van der Waals surface area contributed by atoms with Gasteiger partial charge in [-0.2, -0.15) is 4.39 Å². The minimum Gasteiger partial charge on any atom is -0.394 e. The Morgan fingerprint density at radius 2 is 2.06 bits per heavy atom. The summed E-state index contributed by atoms with van der Waals surface area (Å²) in [5.41, 5.74) is -2.18. The number of nitrogens with zero attached hydrogens (tertiary/aromatic N) is 1. The molecule has 8 nitrogen and oxygen atoms in total. The monoisotopic (exact) mass is 262 g/mol. The topological polar surface area (TPSA) is 125 Å². The van der Waals surface area contributed by atoms with Crippen LogP contribution in [0, 0.1) is 5.82 Å². The van der Waals surface area contributed by atoms with Crippen LogP contribution in [0.5, 0.6) is 0 Å². The molecule has 0 spiro atoms. The molecular formula is C9H11FN2O6. The van der Waals surface area contributed by atoms with Crippen LogP contribution in [0.3, 0.4) is 0 Å². The first-order valence-corrected chi connectivity index (χ1v) is 5.09. The standard InChI is InChI=1S/C9H11FN2O6/c10-3-1-12(9(17)11-7(3)16)8-6(15)5(14)4(2-13)18-8/h1,4-6,8,13-15H,2H2,(H,11,16,17)/t4-,5-,6?,8-/m1/s1. The van der Waals surface area contributed by atoms with E-state index in [0.29, 0.717) is 10.8 Å². The van der Waals surface area contributed by atoms with Gasteiger partial charge in [0.05, 0.1) is 12.8 Å². The Balaban J connectivity index is 2.42. The van der Waals surface area contributed by atoms with Crippen LogP contribution in [-0.4, -0.2) is 49.8 Å². The quantitative estimate of drug-likeness (QED) is 0.459. The lowest BCUT2D eigenvalue weighted by Crippen LogP contribution is -2.38. The van der Waals surface area contributed by atoms with E-state index in [0.717, 1.165) is 0 Å². The van der Waals surface area contributed by atoms with Gasteiger partial charge in [0.1, 0.15) is 18.3 Å².